The Morgan fingerprint density at radius 1 is 1.20 bits per heavy atom. The molecule has 0 radical (unpaired) electrons. The number of rotatable bonds is 9. The number of hydrogen-bond donors (Lipinski definition) is 2. The van der Waals surface area contributed by atoms with Gasteiger partial charge < -0.3 is 4.74 Å². The number of H-pyrrole nitrogens is 1. The largest absolute Gasteiger partial charge is 0.361 e. The fourth-order valence-corrected chi connectivity index (χ4v) is 3.49. The molecule has 0 amide bonds. The van der Waals surface area contributed by atoms with Crippen LogP contribution in [0.2, 0.25) is 0 Å². The third-order valence-corrected chi connectivity index (χ3v) is 5.02. The molecular weight excluding hydrogens is 346 g/mol. The Hall–Kier alpha value is -2.23. The highest BCUT2D eigenvalue weighted by Gasteiger charge is 2.15. The lowest BCUT2D eigenvalue weighted by atomic mass is 10.1. The summed E-state index contributed by atoms with van der Waals surface area (Å²) in [5.74, 6) is -0.0787. The van der Waals surface area contributed by atoms with E-state index in [0.29, 0.717) is 0 Å². The minimum Gasteiger partial charge on any atom is -0.361 e. The van der Waals surface area contributed by atoms with Crippen LogP contribution in [-0.2, 0) is 21.5 Å². The summed E-state index contributed by atoms with van der Waals surface area (Å²) in [6.07, 6.45) is 1.61. The number of sulfonamides is 1. The first-order valence-electron chi connectivity index (χ1n) is 7.80. The van der Waals surface area contributed by atoms with Crippen LogP contribution in [0.1, 0.15) is 24.9 Å². The standard InChI is InChI=1S/C16H21N3O5S/c1-13(14-6-3-2-4-7-14)18-25(22,23)11-5-10-24-12-19-9-8-15(20)17-16(19)21/h2-4,6-9,13,18H,5,10-12H2,1H3,(H,17,20,21)/t13-/m1/s1. The molecule has 8 nitrogen and oxygen atoms in total. The summed E-state index contributed by atoms with van der Waals surface area (Å²) in [4.78, 5) is 24.5. The maximum atomic E-state index is 12.1. The molecule has 1 aromatic carbocycles. The second kappa shape index (κ2) is 8.75. The molecule has 0 aliphatic rings. The molecule has 0 unspecified atom stereocenters. The maximum Gasteiger partial charge on any atom is 0.330 e. The average Bonchev–Trinajstić information content (AvgIpc) is 2.56. The lowest BCUT2D eigenvalue weighted by Crippen LogP contribution is -2.30. The van der Waals surface area contributed by atoms with Gasteiger partial charge in [-0.15, -0.1) is 0 Å². The van der Waals surface area contributed by atoms with Gasteiger partial charge in [-0.05, 0) is 18.9 Å². The van der Waals surface area contributed by atoms with E-state index in [1.54, 1.807) is 6.92 Å². The van der Waals surface area contributed by atoms with Crippen LogP contribution in [-0.4, -0.2) is 30.3 Å². The third kappa shape index (κ3) is 6.29. The fraction of sp³-hybridized carbons (Fsp3) is 0.375. The van der Waals surface area contributed by atoms with Crippen molar-refractivity contribution in [2.75, 3.05) is 12.4 Å². The first kappa shape index (κ1) is 19.1. The monoisotopic (exact) mass is 367 g/mol. The van der Waals surface area contributed by atoms with Crippen LogP contribution in [0.5, 0.6) is 0 Å². The van der Waals surface area contributed by atoms with Gasteiger partial charge in [-0.3, -0.25) is 14.3 Å². The highest BCUT2D eigenvalue weighted by atomic mass is 32.2. The van der Waals surface area contributed by atoms with Crippen molar-refractivity contribution in [3.63, 3.8) is 0 Å². The van der Waals surface area contributed by atoms with Gasteiger partial charge in [0.1, 0.15) is 6.73 Å². The summed E-state index contributed by atoms with van der Waals surface area (Å²) < 4.78 is 33.2. The molecule has 1 heterocycles. The first-order valence-corrected chi connectivity index (χ1v) is 9.45. The maximum absolute atomic E-state index is 12.1. The Balaban J connectivity index is 1.75. The quantitative estimate of drug-likeness (QED) is 0.630. The second-order valence-corrected chi connectivity index (χ2v) is 7.41. The van der Waals surface area contributed by atoms with Crippen molar-refractivity contribution in [1.29, 1.82) is 0 Å². The number of nitrogens with one attached hydrogen (secondary N) is 2. The van der Waals surface area contributed by atoms with E-state index >= 15 is 0 Å². The van der Waals surface area contributed by atoms with Gasteiger partial charge in [0, 0.05) is 24.9 Å². The van der Waals surface area contributed by atoms with Crippen LogP contribution in [0.3, 0.4) is 0 Å². The molecule has 136 valence electrons. The Bertz CT molecular complexity index is 890. The van der Waals surface area contributed by atoms with Crippen LogP contribution in [0.25, 0.3) is 0 Å². The molecule has 0 saturated heterocycles. The van der Waals surface area contributed by atoms with Gasteiger partial charge in [0.05, 0.1) is 5.75 Å². The minimum absolute atomic E-state index is 0.0521. The van der Waals surface area contributed by atoms with E-state index in [-0.39, 0.29) is 31.6 Å². The fourth-order valence-electron chi connectivity index (χ4n) is 2.20. The Morgan fingerprint density at radius 3 is 2.60 bits per heavy atom. The SMILES string of the molecule is C[C@@H](NS(=O)(=O)CCCOCn1ccc(=O)[nH]c1=O)c1ccccc1. The topological polar surface area (TPSA) is 110 Å². The van der Waals surface area contributed by atoms with Crippen molar-refractivity contribution < 1.29 is 13.2 Å². The van der Waals surface area contributed by atoms with E-state index in [9.17, 15) is 18.0 Å². The normalized spacial score (nSPS) is 12.8. The molecule has 2 aromatic rings. The van der Waals surface area contributed by atoms with E-state index in [4.69, 9.17) is 4.74 Å². The average molecular weight is 367 g/mol. The van der Waals surface area contributed by atoms with Crippen LogP contribution >= 0.6 is 0 Å². The van der Waals surface area contributed by atoms with E-state index in [2.05, 4.69) is 9.71 Å². The Morgan fingerprint density at radius 2 is 1.92 bits per heavy atom. The van der Waals surface area contributed by atoms with E-state index in [1.165, 1.54) is 16.8 Å². The van der Waals surface area contributed by atoms with Crippen LogP contribution in [0, 0.1) is 0 Å². The smallest absolute Gasteiger partial charge is 0.330 e. The van der Waals surface area contributed by atoms with Crippen LogP contribution in [0.4, 0.5) is 0 Å². The summed E-state index contributed by atoms with van der Waals surface area (Å²) in [7, 11) is -3.43. The van der Waals surface area contributed by atoms with Crippen molar-refractivity contribution >= 4 is 10.0 Å². The molecule has 0 spiro atoms. The molecular formula is C16H21N3O5S. The number of benzene rings is 1. The van der Waals surface area contributed by atoms with Crippen molar-refractivity contribution in [3.8, 4) is 0 Å². The summed E-state index contributed by atoms with van der Waals surface area (Å²) in [5, 5.41) is 0. The molecule has 25 heavy (non-hydrogen) atoms. The third-order valence-electron chi connectivity index (χ3n) is 3.48. The number of ether oxygens (including phenoxy) is 1. The van der Waals surface area contributed by atoms with Crippen LogP contribution in [0.15, 0.2) is 52.2 Å². The minimum atomic E-state index is -3.43. The number of hydrogen-bond acceptors (Lipinski definition) is 5. The van der Waals surface area contributed by atoms with Gasteiger partial charge >= 0.3 is 5.69 Å². The molecule has 2 rings (SSSR count). The van der Waals surface area contributed by atoms with Gasteiger partial charge in [0.25, 0.3) is 5.56 Å². The summed E-state index contributed by atoms with van der Waals surface area (Å²) in [6.45, 7) is 1.90. The predicted molar refractivity (Wildman–Crippen MR) is 93.7 cm³/mol. The molecule has 1 aromatic heterocycles. The lowest BCUT2D eigenvalue weighted by molar-refractivity contribution is 0.0744. The lowest BCUT2D eigenvalue weighted by Gasteiger charge is -2.14. The van der Waals surface area contributed by atoms with Gasteiger partial charge in [-0.1, -0.05) is 30.3 Å². The predicted octanol–water partition coefficient (Wildman–Crippen LogP) is 0.581. The van der Waals surface area contributed by atoms with Crippen molar-refractivity contribution in [1.82, 2.24) is 14.3 Å². The number of nitrogens with zero attached hydrogens (tertiary/aromatic N) is 1. The molecule has 0 saturated carbocycles. The molecule has 1 atom stereocenters. The molecule has 9 heteroatoms. The van der Waals surface area contributed by atoms with Crippen molar-refractivity contribution in [2.24, 2.45) is 0 Å². The zero-order chi connectivity index (χ0) is 18.3. The van der Waals surface area contributed by atoms with Gasteiger partial charge in [-0.2, -0.15) is 0 Å². The Kier molecular flexibility index (Phi) is 6.68. The molecule has 0 bridgehead atoms. The van der Waals surface area contributed by atoms with Gasteiger partial charge in [-0.25, -0.2) is 17.9 Å². The molecule has 0 aliphatic heterocycles. The highest BCUT2D eigenvalue weighted by Crippen LogP contribution is 2.12. The zero-order valence-corrected chi connectivity index (χ0v) is 14.7. The number of aromatic amines is 1. The van der Waals surface area contributed by atoms with Crippen molar-refractivity contribution in [3.05, 3.63) is 69.0 Å². The zero-order valence-electron chi connectivity index (χ0n) is 13.8. The van der Waals surface area contributed by atoms with Gasteiger partial charge in [0.2, 0.25) is 10.0 Å². The van der Waals surface area contributed by atoms with Crippen LogP contribution < -0.4 is 16.0 Å². The highest BCUT2D eigenvalue weighted by molar-refractivity contribution is 7.89. The number of aromatic nitrogens is 2. The Labute approximate surface area is 145 Å². The summed E-state index contributed by atoms with van der Waals surface area (Å²) in [5.41, 5.74) is -0.163. The molecule has 2 N–H and O–H groups in total. The summed E-state index contributed by atoms with van der Waals surface area (Å²) >= 11 is 0. The van der Waals surface area contributed by atoms with E-state index < -0.39 is 21.3 Å². The second-order valence-electron chi connectivity index (χ2n) is 5.54. The first-order chi connectivity index (χ1) is 11.9. The molecule has 0 fully saturated rings. The molecule has 0 aliphatic carbocycles. The van der Waals surface area contributed by atoms with E-state index in [0.717, 1.165) is 5.56 Å². The summed E-state index contributed by atoms with van der Waals surface area (Å²) in [6, 6.07) is 10.2. The van der Waals surface area contributed by atoms with E-state index in [1.807, 2.05) is 30.3 Å². The van der Waals surface area contributed by atoms with Gasteiger partial charge in [0.15, 0.2) is 0 Å². The van der Waals surface area contributed by atoms with Crippen molar-refractivity contribution in [2.45, 2.75) is 26.1 Å².